The molecule has 1 aromatic heterocycles. The number of carbonyl (C=O) groups excluding carboxylic acids is 1. The van der Waals surface area contributed by atoms with Crippen molar-refractivity contribution in [1.29, 1.82) is 0 Å². The average molecular weight is 253 g/mol. The molecule has 3 atom stereocenters. The van der Waals surface area contributed by atoms with Gasteiger partial charge in [-0.25, -0.2) is 4.79 Å². The Morgan fingerprint density at radius 1 is 1.50 bits per heavy atom. The Labute approximate surface area is 104 Å². The van der Waals surface area contributed by atoms with E-state index in [1.165, 1.54) is 9.58 Å². The number of aliphatic hydroxyl groups is 1. The van der Waals surface area contributed by atoms with Gasteiger partial charge in [-0.15, -0.1) is 0 Å². The van der Waals surface area contributed by atoms with Gasteiger partial charge in [0.1, 0.15) is 12.1 Å². The molecule has 2 rings (SSSR count). The van der Waals surface area contributed by atoms with Crippen molar-refractivity contribution in [2.75, 3.05) is 6.54 Å². The summed E-state index contributed by atoms with van der Waals surface area (Å²) >= 11 is 0. The highest BCUT2D eigenvalue weighted by atomic mass is 16.4. The molecule has 1 aliphatic heterocycles. The Bertz CT molecular complexity index is 445. The first-order valence-electron chi connectivity index (χ1n) is 5.71. The summed E-state index contributed by atoms with van der Waals surface area (Å²) in [7, 11) is 0. The number of nitrogens with zero attached hydrogens (tertiary/aromatic N) is 3. The van der Waals surface area contributed by atoms with Gasteiger partial charge in [-0.05, 0) is 13.0 Å². The third kappa shape index (κ3) is 2.21. The number of aromatic nitrogens is 2. The van der Waals surface area contributed by atoms with Crippen molar-refractivity contribution in [1.82, 2.24) is 14.7 Å². The number of amides is 1. The summed E-state index contributed by atoms with van der Waals surface area (Å²) in [5.74, 6) is -1.43. The second-order valence-corrected chi connectivity index (χ2v) is 4.40. The van der Waals surface area contributed by atoms with E-state index in [0.29, 0.717) is 0 Å². The molecule has 0 spiro atoms. The van der Waals surface area contributed by atoms with Crippen LogP contribution in [0.25, 0.3) is 0 Å². The lowest BCUT2D eigenvalue weighted by Crippen LogP contribution is -2.43. The predicted molar refractivity (Wildman–Crippen MR) is 60.7 cm³/mol. The Morgan fingerprint density at radius 3 is 2.78 bits per heavy atom. The number of aliphatic carboxylic acids is 1. The van der Waals surface area contributed by atoms with Crippen molar-refractivity contribution < 1.29 is 19.8 Å². The highest BCUT2D eigenvalue weighted by molar-refractivity contribution is 5.86. The van der Waals surface area contributed by atoms with E-state index in [4.69, 9.17) is 5.11 Å². The van der Waals surface area contributed by atoms with E-state index in [2.05, 4.69) is 5.10 Å². The van der Waals surface area contributed by atoms with Gasteiger partial charge in [0.05, 0.1) is 6.10 Å². The van der Waals surface area contributed by atoms with Crippen LogP contribution in [0.5, 0.6) is 0 Å². The number of hydrogen-bond acceptors (Lipinski definition) is 4. The van der Waals surface area contributed by atoms with Gasteiger partial charge in [-0.3, -0.25) is 9.48 Å². The van der Waals surface area contributed by atoms with Crippen molar-refractivity contribution >= 4 is 11.9 Å². The molecule has 0 saturated carbocycles. The number of carbonyl (C=O) groups is 2. The molecule has 0 aliphatic carbocycles. The Hall–Kier alpha value is -1.89. The zero-order valence-electron chi connectivity index (χ0n) is 9.93. The van der Waals surface area contributed by atoms with Gasteiger partial charge in [0.2, 0.25) is 5.91 Å². The first-order valence-corrected chi connectivity index (χ1v) is 5.71. The Morgan fingerprint density at radius 2 is 2.22 bits per heavy atom. The standard InChI is InChI=1S/C11H15N3O4/c1-7(14-4-2-3-12-14)10(16)13-6-8(15)5-9(13)11(17)18/h2-4,7-9,15H,5-6H2,1H3,(H,17,18)/t7?,8-,9-/m1/s1. The minimum absolute atomic E-state index is 0.0570. The lowest BCUT2D eigenvalue weighted by molar-refractivity contribution is -0.149. The van der Waals surface area contributed by atoms with Crippen molar-refractivity contribution in [3.63, 3.8) is 0 Å². The molecule has 0 bridgehead atoms. The van der Waals surface area contributed by atoms with Crippen LogP contribution in [0.15, 0.2) is 18.5 Å². The van der Waals surface area contributed by atoms with E-state index in [0.717, 1.165) is 0 Å². The maximum atomic E-state index is 12.2. The normalized spacial score (nSPS) is 25.1. The van der Waals surface area contributed by atoms with Crippen molar-refractivity contribution in [2.45, 2.75) is 31.5 Å². The molecular formula is C11H15N3O4. The van der Waals surface area contributed by atoms with Crippen LogP contribution in [0.2, 0.25) is 0 Å². The van der Waals surface area contributed by atoms with Crippen LogP contribution < -0.4 is 0 Å². The van der Waals surface area contributed by atoms with Crippen LogP contribution in [0.1, 0.15) is 19.4 Å². The third-order valence-electron chi connectivity index (χ3n) is 3.13. The molecule has 1 aromatic rings. The van der Waals surface area contributed by atoms with Crippen LogP contribution in [0.3, 0.4) is 0 Å². The zero-order chi connectivity index (χ0) is 13.3. The Balaban J connectivity index is 2.15. The monoisotopic (exact) mass is 253 g/mol. The summed E-state index contributed by atoms with van der Waals surface area (Å²) in [6.07, 6.45) is 2.49. The summed E-state index contributed by atoms with van der Waals surface area (Å²) in [6, 6.07) is 0.162. The van der Waals surface area contributed by atoms with Crippen LogP contribution >= 0.6 is 0 Å². The molecular weight excluding hydrogens is 238 g/mol. The topological polar surface area (TPSA) is 95.7 Å². The van der Waals surface area contributed by atoms with Crippen LogP contribution in [-0.4, -0.2) is 55.5 Å². The second kappa shape index (κ2) is 4.77. The van der Waals surface area contributed by atoms with E-state index in [-0.39, 0.29) is 18.9 Å². The first kappa shape index (κ1) is 12.6. The molecule has 1 saturated heterocycles. The van der Waals surface area contributed by atoms with Gasteiger partial charge in [0, 0.05) is 25.4 Å². The van der Waals surface area contributed by atoms with Gasteiger partial charge < -0.3 is 15.1 Å². The lowest BCUT2D eigenvalue weighted by atomic mass is 10.2. The SMILES string of the molecule is CC(C(=O)N1C[C@H](O)C[C@@H]1C(=O)O)n1cccn1. The first-order chi connectivity index (χ1) is 8.50. The van der Waals surface area contributed by atoms with E-state index >= 15 is 0 Å². The van der Waals surface area contributed by atoms with E-state index in [1.54, 1.807) is 25.4 Å². The summed E-state index contributed by atoms with van der Waals surface area (Å²) < 4.78 is 1.46. The number of aliphatic hydroxyl groups excluding tert-OH is 1. The summed E-state index contributed by atoms with van der Waals surface area (Å²) in [5, 5.41) is 22.5. The molecule has 7 nitrogen and oxygen atoms in total. The fourth-order valence-electron chi connectivity index (χ4n) is 2.15. The van der Waals surface area contributed by atoms with E-state index in [9.17, 15) is 14.7 Å². The molecule has 2 heterocycles. The smallest absolute Gasteiger partial charge is 0.326 e. The predicted octanol–water partition coefficient (Wildman–Crippen LogP) is -0.510. The second-order valence-electron chi connectivity index (χ2n) is 4.40. The van der Waals surface area contributed by atoms with Crippen molar-refractivity contribution in [2.24, 2.45) is 0 Å². The number of likely N-dealkylation sites (tertiary alicyclic amines) is 1. The largest absolute Gasteiger partial charge is 0.480 e. The molecule has 18 heavy (non-hydrogen) atoms. The van der Waals surface area contributed by atoms with Crippen LogP contribution in [-0.2, 0) is 9.59 Å². The van der Waals surface area contributed by atoms with Gasteiger partial charge in [0.15, 0.2) is 0 Å². The molecule has 2 N–H and O–H groups in total. The molecule has 1 fully saturated rings. The molecule has 1 amide bonds. The number of carboxylic acid groups (broad SMARTS) is 1. The Kier molecular flexibility index (Phi) is 3.33. The number of β-amino-alcohol motifs (C(OH)–C–C–N with tert-alkyl or cyclic N) is 1. The number of hydrogen-bond donors (Lipinski definition) is 2. The maximum Gasteiger partial charge on any atom is 0.326 e. The van der Waals surface area contributed by atoms with Gasteiger partial charge in [-0.2, -0.15) is 5.10 Å². The molecule has 98 valence electrons. The quantitative estimate of drug-likeness (QED) is 0.756. The minimum atomic E-state index is -1.09. The van der Waals surface area contributed by atoms with Crippen LogP contribution in [0, 0.1) is 0 Å². The van der Waals surface area contributed by atoms with Crippen molar-refractivity contribution in [3.8, 4) is 0 Å². The fraction of sp³-hybridized carbons (Fsp3) is 0.545. The number of rotatable bonds is 3. The zero-order valence-corrected chi connectivity index (χ0v) is 9.93. The van der Waals surface area contributed by atoms with E-state index < -0.39 is 24.2 Å². The molecule has 0 radical (unpaired) electrons. The molecule has 0 aromatic carbocycles. The number of carboxylic acids is 1. The highest BCUT2D eigenvalue weighted by Crippen LogP contribution is 2.21. The lowest BCUT2D eigenvalue weighted by Gasteiger charge is -2.24. The van der Waals surface area contributed by atoms with Crippen molar-refractivity contribution in [3.05, 3.63) is 18.5 Å². The van der Waals surface area contributed by atoms with E-state index in [1.807, 2.05) is 0 Å². The average Bonchev–Trinajstić information content (AvgIpc) is 2.95. The third-order valence-corrected chi connectivity index (χ3v) is 3.13. The molecule has 7 heteroatoms. The van der Waals surface area contributed by atoms with Gasteiger partial charge in [0.25, 0.3) is 0 Å². The fourth-order valence-corrected chi connectivity index (χ4v) is 2.15. The highest BCUT2D eigenvalue weighted by Gasteiger charge is 2.40. The van der Waals surface area contributed by atoms with Crippen LogP contribution in [0.4, 0.5) is 0 Å². The summed E-state index contributed by atoms with van der Waals surface area (Å²) in [6.45, 7) is 1.71. The van der Waals surface area contributed by atoms with Gasteiger partial charge >= 0.3 is 5.97 Å². The maximum absolute atomic E-state index is 12.2. The summed E-state index contributed by atoms with van der Waals surface area (Å²) in [5.41, 5.74) is 0. The minimum Gasteiger partial charge on any atom is -0.480 e. The molecule has 1 aliphatic rings. The molecule has 1 unspecified atom stereocenters. The summed E-state index contributed by atoms with van der Waals surface area (Å²) in [4.78, 5) is 24.4. The van der Waals surface area contributed by atoms with Gasteiger partial charge in [-0.1, -0.05) is 0 Å².